The Balaban J connectivity index is 1.39. The second-order valence-electron chi connectivity index (χ2n) is 8.13. The van der Waals surface area contributed by atoms with Crippen LogP contribution in [-0.4, -0.2) is 19.5 Å². The first-order valence-corrected chi connectivity index (χ1v) is 10.0. The number of allylic oxidation sites excluding steroid dienone is 3. The number of hydrogen-bond donors (Lipinski definition) is 0. The molecule has 3 rings (SSSR count). The van der Waals surface area contributed by atoms with Gasteiger partial charge >= 0.3 is 0 Å². The zero-order valence-corrected chi connectivity index (χ0v) is 15.3. The van der Waals surface area contributed by atoms with Crippen LogP contribution in [0.15, 0.2) is 24.3 Å². The minimum atomic E-state index is -1.53. The van der Waals surface area contributed by atoms with Crippen LogP contribution in [0.3, 0.4) is 0 Å². The maximum absolute atomic E-state index is 12.4. The van der Waals surface area contributed by atoms with Crippen molar-refractivity contribution in [3.05, 3.63) is 24.3 Å². The molecule has 0 N–H and O–H groups in total. The van der Waals surface area contributed by atoms with E-state index in [2.05, 4.69) is 19.1 Å². The Bertz CT molecular complexity index is 449. The summed E-state index contributed by atoms with van der Waals surface area (Å²) in [6, 6.07) is 0. The van der Waals surface area contributed by atoms with Gasteiger partial charge < -0.3 is 9.47 Å². The SMILES string of the molecule is CC=CC1CCC(C2OCC(C3CCC(C=C(F)F)CC3)CO2)CC1. The molecule has 0 spiro atoms. The van der Waals surface area contributed by atoms with Crippen molar-refractivity contribution in [2.45, 2.75) is 64.6 Å². The average Bonchev–Trinajstić information content (AvgIpc) is 2.63. The molecule has 0 aromatic heterocycles. The molecule has 0 bridgehead atoms. The smallest absolute Gasteiger partial charge is 0.266 e. The van der Waals surface area contributed by atoms with Crippen molar-refractivity contribution in [1.82, 2.24) is 0 Å². The van der Waals surface area contributed by atoms with Gasteiger partial charge in [-0.05, 0) is 82.1 Å². The van der Waals surface area contributed by atoms with E-state index in [1.807, 2.05) is 0 Å². The predicted molar refractivity (Wildman–Crippen MR) is 95.2 cm³/mol. The first-order chi connectivity index (χ1) is 12.2. The van der Waals surface area contributed by atoms with Gasteiger partial charge in [0, 0.05) is 11.8 Å². The molecular formula is C21H32F2O2. The third kappa shape index (κ3) is 5.37. The third-order valence-electron chi connectivity index (χ3n) is 6.46. The lowest BCUT2D eigenvalue weighted by molar-refractivity contribution is -0.236. The summed E-state index contributed by atoms with van der Waals surface area (Å²) in [6.07, 6.45) is 12.7. The van der Waals surface area contributed by atoms with Crippen LogP contribution < -0.4 is 0 Å². The summed E-state index contributed by atoms with van der Waals surface area (Å²) in [4.78, 5) is 0. The van der Waals surface area contributed by atoms with Gasteiger partial charge in [0.25, 0.3) is 6.08 Å². The second kappa shape index (κ2) is 9.27. The van der Waals surface area contributed by atoms with Gasteiger partial charge in [-0.3, -0.25) is 0 Å². The Morgan fingerprint density at radius 3 is 1.88 bits per heavy atom. The maximum atomic E-state index is 12.4. The highest BCUT2D eigenvalue weighted by Crippen LogP contribution is 2.39. The molecule has 0 amide bonds. The quantitative estimate of drug-likeness (QED) is 0.581. The second-order valence-corrected chi connectivity index (χ2v) is 8.13. The molecule has 142 valence electrons. The summed E-state index contributed by atoms with van der Waals surface area (Å²) in [5.41, 5.74) is 0. The van der Waals surface area contributed by atoms with E-state index in [-0.39, 0.29) is 12.2 Å². The van der Waals surface area contributed by atoms with Crippen LogP contribution >= 0.6 is 0 Å². The summed E-state index contributed by atoms with van der Waals surface area (Å²) in [5, 5.41) is 0. The van der Waals surface area contributed by atoms with Crippen molar-refractivity contribution in [1.29, 1.82) is 0 Å². The summed E-state index contributed by atoms with van der Waals surface area (Å²) in [5.74, 6) is 2.34. The molecule has 0 radical (unpaired) electrons. The van der Waals surface area contributed by atoms with E-state index >= 15 is 0 Å². The highest BCUT2D eigenvalue weighted by Gasteiger charge is 2.35. The molecular weight excluding hydrogens is 322 g/mol. The van der Waals surface area contributed by atoms with Gasteiger partial charge in [0.15, 0.2) is 6.29 Å². The summed E-state index contributed by atoms with van der Waals surface area (Å²) in [6.45, 7) is 3.65. The molecule has 0 atom stereocenters. The van der Waals surface area contributed by atoms with Gasteiger partial charge in [0.05, 0.1) is 13.2 Å². The molecule has 3 aliphatic rings. The standard InChI is InChI=1S/C21H32F2O2/c1-2-3-15-4-10-18(11-5-15)21-24-13-19(14-25-21)17-8-6-16(7-9-17)12-20(22)23/h2-3,12,15-19,21H,4-11,13-14H2,1H3. The summed E-state index contributed by atoms with van der Waals surface area (Å²) < 4.78 is 36.9. The molecule has 25 heavy (non-hydrogen) atoms. The zero-order chi connectivity index (χ0) is 17.6. The predicted octanol–water partition coefficient (Wildman–Crippen LogP) is 5.94. The number of ether oxygens (including phenoxy) is 2. The molecule has 2 nitrogen and oxygen atoms in total. The third-order valence-corrected chi connectivity index (χ3v) is 6.46. The van der Waals surface area contributed by atoms with Gasteiger partial charge in [0.2, 0.25) is 0 Å². The number of halogens is 2. The van der Waals surface area contributed by atoms with Gasteiger partial charge in [-0.2, -0.15) is 8.78 Å². The highest BCUT2D eigenvalue weighted by atomic mass is 19.3. The van der Waals surface area contributed by atoms with E-state index in [1.165, 1.54) is 25.7 Å². The van der Waals surface area contributed by atoms with E-state index in [4.69, 9.17) is 9.47 Å². The van der Waals surface area contributed by atoms with Gasteiger partial charge in [-0.25, -0.2) is 0 Å². The molecule has 1 heterocycles. The van der Waals surface area contributed by atoms with Crippen molar-refractivity contribution >= 4 is 0 Å². The van der Waals surface area contributed by atoms with E-state index in [0.717, 1.165) is 50.9 Å². The van der Waals surface area contributed by atoms with Crippen molar-refractivity contribution in [3.8, 4) is 0 Å². The molecule has 0 aromatic rings. The van der Waals surface area contributed by atoms with Gasteiger partial charge in [-0.1, -0.05) is 12.2 Å². The van der Waals surface area contributed by atoms with E-state index < -0.39 is 6.08 Å². The van der Waals surface area contributed by atoms with E-state index in [0.29, 0.717) is 17.8 Å². The fourth-order valence-corrected chi connectivity index (χ4v) is 4.92. The monoisotopic (exact) mass is 354 g/mol. The Morgan fingerprint density at radius 2 is 1.32 bits per heavy atom. The average molecular weight is 354 g/mol. The van der Waals surface area contributed by atoms with Crippen molar-refractivity contribution in [2.75, 3.05) is 13.2 Å². The number of hydrogen-bond acceptors (Lipinski definition) is 2. The number of rotatable bonds is 4. The van der Waals surface area contributed by atoms with Gasteiger partial charge in [-0.15, -0.1) is 0 Å². The lowest BCUT2D eigenvalue weighted by Gasteiger charge is -2.40. The van der Waals surface area contributed by atoms with Crippen LogP contribution in [0.5, 0.6) is 0 Å². The minimum absolute atomic E-state index is 0.0253. The van der Waals surface area contributed by atoms with Crippen LogP contribution in [0.2, 0.25) is 0 Å². The lowest BCUT2D eigenvalue weighted by atomic mass is 9.76. The largest absolute Gasteiger partial charge is 0.352 e. The topological polar surface area (TPSA) is 18.5 Å². The molecule has 0 unspecified atom stereocenters. The molecule has 1 saturated heterocycles. The Kier molecular flexibility index (Phi) is 7.06. The molecule has 2 saturated carbocycles. The van der Waals surface area contributed by atoms with Crippen LogP contribution in [0, 0.1) is 29.6 Å². The minimum Gasteiger partial charge on any atom is -0.352 e. The van der Waals surface area contributed by atoms with E-state index in [1.54, 1.807) is 0 Å². The maximum Gasteiger partial charge on any atom is 0.266 e. The Morgan fingerprint density at radius 1 is 0.760 bits per heavy atom. The molecule has 2 aliphatic carbocycles. The van der Waals surface area contributed by atoms with Crippen molar-refractivity contribution < 1.29 is 18.3 Å². The molecule has 0 aromatic carbocycles. The van der Waals surface area contributed by atoms with Crippen LogP contribution in [-0.2, 0) is 9.47 Å². The Labute approximate surface area is 150 Å². The first-order valence-electron chi connectivity index (χ1n) is 10.0. The van der Waals surface area contributed by atoms with Crippen LogP contribution in [0.1, 0.15) is 58.3 Å². The van der Waals surface area contributed by atoms with Crippen molar-refractivity contribution in [2.24, 2.45) is 29.6 Å². The summed E-state index contributed by atoms with van der Waals surface area (Å²) in [7, 11) is 0. The normalized spacial score (nSPS) is 40.1. The summed E-state index contributed by atoms with van der Waals surface area (Å²) >= 11 is 0. The van der Waals surface area contributed by atoms with Gasteiger partial charge in [0.1, 0.15) is 0 Å². The fourth-order valence-electron chi connectivity index (χ4n) is 4.92. The highest BCUT2D eigenvalue weighted by molar-refractivity contribution is 4.92. The van der Waals surface area contributed by atoms with E-state index in [9.17, 15) is 8.78 Å². The molecule has 4 heteroatoms. The lowest BCUT2D eigenvalue weighted by Crippen LogP contribution is -2.41. The first kappa shape index (κ1) is 19.0. The fraction of sp³-hybridized carbons (Fsp3) is 0.810. The van der Waals surface area contributed by atoms with Crippen molar-refractivity contribution in [3.63, 3.8) is 0 Å². The zero-order valence-electron chi connectivity index (χ0n) is 15.3. The Hall–Kier alpha value is -0.740. The molecule has 3 fully saturated rings. The van der Waals surface area contributed by atoms with Crippen LogP contribution in [0.4, 0.5) is 8.78 Å². The van der Waals surface area contributed by atoms with Crippen LogP contribution in [0.25, 0.3) is 0 Å². The molecule has 1 aliphatic heterocycles.